The van der Waals surface area contributed by atoms with Gasteiger partial charge in [-0.15, -0.1) is 0 Å². The molecule has 1 aromatic carbocycles. The van der Waals surface area contributed by atoms with Gasteiger partial charge in [-0.1, -0.05) is 26.3 Å². The molecule has 1 N–H and O–H groups in total. The van der Waals surface area contributed by atoms with Crippen molar-refractivity contribution < 1.29 is 9.84 Å². The first-order chi connectivity index (χ1) is 7.69. The van der Waals surface area contributed by atoms with Crippen molar-refractivity contribution in [3.05, 3.63) is 29.3 Å². The number of aliphatic hydroxyl groups is 1. The van der Waals surface area contributed by atoms with Gasteiger partial charge in [0.05, 0.1) is 12.2 Å². The van der Waals surface area contributed by atoms with Gasteiger partial charge in [0.15, 0.2) is 0 Å². The third-order valence-electron chi connectivity index (χ3n) is 3.48. The lowest BCUT2D eigenvalue weighted by molar-refractivity contribution is 0.0225. The lowest BCUT2D eigenvalue weighted by Crippen LogP contribution is -2.24. The summed E-state index contributed by atoms with van der Waals surface area (Å²) in [7, 11) is 0. The summed E-state index contributed by atoms with van der Waals surface area (Å²) in [6.45, 7) is 4.92. The predicted octanol–water partition coefficient (Wildman–Crippen LogP) is 3.02. The highest BCUT2D eigenvalue weighted by atomic mass is 16.5. The van der Waals surface area contributed by atoms with Crippen LogP contribution in [-0.4, -0.2) is 11.7 Å². The molecule has 1 unspecified atom stereocenters. The van der Waals surface area contributed by atoms with Gasteiger partial charge >= 0.3 is 0 Å². The zero-order valence-electron chi connectivity index (χ0n) is 10.1. The lowest BCUT2D eigenvalue weighted by atomic mass is 9.86. The van der Waals surface area contributed by atoms with Crippen LogP contribution >= 0.6 is 0 Å². The van der Waals surface area contributed by atoms with Crippen molar-refractivity contribution in [2.24, 2.45) is 0 Å². The molecule has 16 heavy (non-hydrogen) atoms. The first-order valence-corrected chi connectivity index (χ1v) is 6.18. The van der Waals surface area contributed by atoms with E-state index in [1.807, 2.05) is 19.1 Å². The van der Waals surface area contributed by atoms with E-state index in [1.54, 1.807) is 0 Å². The summed E-state index contributed by atoms with van der Waals surface area (Å²) in [6, 6.07) is 6.11. The molecule has 0 spiro atoms. The fourth-order valence-corrected chi connectivity index (χ4v) is 2.41. The number of hydrogen-bond acceptors (Lipinski definition) is 2. The maximum absolute atomic E-state index is 10.6. The second kappa shape index (κ2) is 4.46. The molecule has 1 aromatic rings. The Hall–Kier alpha value is -1.02. The third-order valence-corrected chi connectivity index (χ3v) is 3.48. The van der Waals surface area contributed by atoms with Crippen molar-refractivity contribution in [1.29, 1.82) is 0 Å². The fraction of sp³-hybridized carbons (Fsp3) is 0.571. The van der Waals surface area contributed by atoms with Gasteiger partial charge in [0.25, 0.3) is 0 Å². The molecule has 0 radical (unpaired) electrons. The molecule has 0 bridgehead atoms. The second-order valence-electron chi connectivity index (χ2n) is 4.56. The maximum atomic E-state index is 10.6. The Morgan fingerprint density at radius 2 is 2.19 bits per heavy atom. The first kappa shape index (κ1) is 11.5. The molecule has 88 valence electrons. The maximum Gasteiger partial charge on any atom is 0.122 e. The highest BCUT2D eigenvalue weighted by Crippen LogP contribution is 2.34. The van der Waals surface area contributed by atoms with Crippen LogP contribution in [-0.2, 0) is 12.0 Å². The largest absolute Gasteiger partial charge is 0.493 e. The fourth-order valence-electron chi connectivity index (χ4n) is 2.41. The van der Waals surface area contributed by atoms with Crippen LogP contribution in [0.5, 0.6) is 5.75 Å². The molecule has 2 rings (SSSR count). The standard InChI is InChI=1S/C14H20O2/c1-3-8-14(15,4-2)12-5-6-13-11(10-12)7-9-16-13/h5-6,10,15H,3-4,7-9H2,1-2H3. The summed E-state index contributed by atoms with van der Waals surface area (Å²) < 4.78 is 5.48. The van der Waals surface area contributed by atoms with Gasteiger partial charge in [-0.3, -0.25) is 0 Å². The van der Waals surface area contributed by atoms with Crippen molar-refractivity contribution in [2.45, 2.75) is 45.1 Å². The summed E-state index contributed by atoms with van der Waals surface area (Å²) in [6.07, 6.45) is 3.55. The molecular formula is C14H20O2. The van der Waals surface area contributed by atoms with Crippen LogP contribution in [0.1, 0.15) is 44.2 Å². The van der Waals surface area contributed by atoms with Crippen molar-refractivity contribution in [3.63, 3.8) is 0 Å². The minimum atomic E-state index is -0.660. The van der Waals surface area contributed by atoms with E-state index in [4.69, 9.17) is 4.74 Å². The predicted molar refractivity (Wildman–Crippen MR) is 64.7 cm³/mol. The van der Waals surface area contributed by atoms with Crippen LogP contribution in [0.4, 0.5) is 0 Å². The van der Waals surface area contributed by atoms with Crippen molar-refractivity contribution >= 4 is 0 Å². The molecule has 1 heterocycles. The van der Waals surface area contributed by atoms with Crippen LogP contribution in [0.2, 0.25) is 0 Å². The summed E-state index contributed by atoms with van der Waals surface area (Å²) in [5.41, 5.74) is 1.62. The summed E-state index contributed by atoms with van der Waals surface area (Å²) in [5, 5.41) is 10.6. The van der Waals surface area contributed by atoms with E-state index in [1.165, 1.54) is 5.56 Å². The monoisotopic (exact) mass is 220 g/mol. The van der Waals surface area contributed by atoms with E-state index in [0.717, 1.165) is 43.6 Å². The molecule has 2 nitrogen and oxygen atoms in total. The van der Waals surface area contributed by atoms with E-state index >= 15 is 0 Å². The Morgan fingerprint density at radius 3 is 2.88 bits per heavy atom. The highest BCUT2D eigenvalue weighted by molar-refractivity contribution is 5.41. The van der Waals surface area contributed by atoms with Crippen molar-refractivity contribution in [2.75, 3.05) is 6.61 Å². The molecule has 0 aliphatic carbocycles. The Morgan fingerprint density at radius 1 is 1.38 bits per heavy atom. The van der Waals surface area contributed by atoms with Gasteiger partial charge in [-0.2, -0.15) is 0 Å². The average Bonchev–Trinajstić information content (AvgIpc) is 2.76. The number of benzene rings is 1. The van der Waals surface area contributed by atoms with Crippen molar-refractivity contribution in [3.8, 4) is 5.75 Å². The number of fused-ring (bicyclic) bond motifs is 1. The van der Waals surface area contributed by atoms with E-state index in [9.17, 15) is 5.11 Å². The lowest BCUT2D eigenvalue weighted by Gasteiger charge is -2.27. The number of hydrogen-bond donors (Lipinski definition) is 1. The molecule has 0 fully saturated rings. The molecule has 0 aromatic heterocycles. The van der Waals surface area contributed by atoms with Crippen LogP contribution in [0.15, 0.2) is 18.2 Å². The molecular weight excluding hydrogens is 200 g/mol. The molecule has 1 atom stereocenters. The summed E-state index contributed by atoms with van der Waals surface area (Å²) in [4.78, 5) is 0. The first-order valence-electron chi connectivity index (χ1n) is 6.18. The number of ether oxygens (including phenoxy) is 1. The minimum absolute atomic E-state index is 0.660. The summed E-state index contributed by atoms with van der Waals surface area (Å²) >= 11 is 0. The van der Waals surface area contributed by atoms with E-state index in [-0.39, 0.29) is 0 Å². The molecule has 0 saturated carbocycles. The van der Waals surface area contributed by atoms with Crippen LogP contribution in [0, 0.1) is 0 Å². The van der Waals surface area contributed by atoms with Crippen LogP contribution < -0.4 is 4.74 Å². The molecule has 0 amide bonds. The Kier molecular flexibility index (Phi) is 3.20. The SMILES string of the molecule is CCCC(O)(CC)c1ccc2c(c1)CCO2. The highest BCUT2D eigenvalue weighted by Gasteiger charge is 2.27. The zero-order chi connectivity index (χ0) is 11.6. The second-order valence-corrected chi connectivity index (χ2v) is 4.56. The molecule has 1 aliphatic heterocycles. The molecule has 2 heteroatoms. The van der Waals surface area contributed by atoms with E-state index in [0.29, 0.717) is 0 Å². The number of rotatable bonds is 4. The minimum Gasteiger partial charge on any atom is -0.493 e. The van der Waals surface area contributed by atoms with Crippen LogP contribution in [0.25, 0.3) is 0 Å². The zero-order valence-corrected chi connectivity index (χ0v) is 10.1. The van der Waals surface area contributed by atoms with Gasteiger partial charge in [0, 0.05) is 6.42 Å². The molecule has 0 saturated heterocycles. The molecule has 1 aliphatic rings. The quantitative estimate of drug-likeness (QED) is 0.845. The Balaban J connectivity index is 2.32. The normalized spacial score (nSPS) is 17.7. The van der Waals surface area contributed by atoms with Crippen LogP contribution in [0.3, 0.4) is 0 Å². The Bertz CT molecular complexity index is 373. The van der Waals surface area contributed by atoms with E-state index < -0.39 is 5.60 Å². The van der Waals surface area contributed by atoms with E-state index in [2.05, 4.69) is 13.0 Å². The van der Waals surface area contributed by atoms with Gasteiger partial charge in [0.1, 0.15) is 5.75 Å². The summed E-state index contributed by atoms with van der Waals surface area (Å²) in [5.74, 6) is 0.985. The van der Waals surface area contributed by atoms with Crippen molar-refractivity contribution in [1.82, 2.24) is 0 Å². The topological polar surface area (TPSA) is 29.5 Å². The van der Waals surface area contributed by atoms with Gasteiger partial charge in [-0.25, -0.2) is 0 Å². The smallest absolute Gasteiger partial charge is 0.122 e. The van der Waals surface area contributed by atoms with Gasteiger partial charge in [0.2, 0.25) is 0 Å². The van der Waals surface area contributed by atoms with Gasteiger partial charge in [-0.05, 0) is 36.1 Å². The third kappa shape index (κ3) is 1.94. The van der Waals surface area contributed by atoms with Gasteiger partial charge < -0.3 is 9.84 Å². The average molecular weight is 220 g/mol. The Labute approximate surface area is 97.3 Å².